The highest BCUT2D eigenvalue weighted by Gasteiger charge is 2.28. The molecule has 1 atom stereocenters. The number of hydrogen-bond acceptors (Lipinski definition) is 4. The van der Waals surface area contributed by atoms with E-state index in [1.165, 1.54) is 0 Å². The Morgan fingerprint density at radius 1 is 1.28 bits per heavy atom. The maximum Gasteiger partial charge on any atom is 0.328 e. The molecule has 1 N–H and O–H groups in total. The monoisotopic (exact) mass is 247 g/mol. The van der Waals surface area contributed by atoms with Gasteiger partial charge in [-0.15, -0.1) is 0 Å². The third kappa shape index (κ3) is 2.94. The van der Waals surface area contributed by atoms with Gasteiger partial charge in [-0.05, 0) is 0 Å². The van der Waals surface area contributed by atoms with Crippen molar-refractivity contribution in [2.24, 2.45) is 0 Å². The van der Waals surface area contributed by atoms with Crippen LogP contribution in [0, 0.1) is 0 Å². The SMILES string of the molecule is O=C(CC(=O)c1ccccc1)N[C@@H]1CCOC1=O. The Morgan fingerprint density at radius 3 is 2.61 bits per heavy atom. The first-order chi connectivity index (χ1) is 8.66. The second-order valence-electron chi connectivity index (χ2n) is 4.04. The van der Waals surface area contributed by atoms with Crippen LogP contribution < -0.4 is 5.32 Å². The van der Waals surface area contributed by atoms with Gasteiger partial charge in [0.2, 0.25) is 5.91 Å². The average molecular weight is 247 g/mol. The van der Waals surface area contributed by atoms with Crippen molar-refractivity contribution in [3.05, 3.63) is 35.9 Å². The summed E-state index contributed by atoms with van der Waals surface area (Å²) in [7, 11) is 0. The van der Waals surface area contributed by atoms with Crippen molar-refractivity contribution in [2.75, 3.05) is 6.61 Å². The zero-order chi connectivity index (χ0) is 13.0. The van der Waals surface area contributed by atoms with E-state index in [9.17, 15) is 14.4 Å². The average Bonchev–Trinajstić information content (AvgIpc) is 2.76. The molecule has 0 aliphatic carbocycles. The van der Waals surface area contributed by atoms with Crippen molar-refractivity contribution in [2.45, 2.75) is 18.9 Å². The second-order valence-corrected chi connectivity index (χ2v) is 4.04. The van der Waals surface area contributed by atoms with Gasteiger partial charge in [0, 0.05) is 12.0 Å². The van der Waals surface area contributed by atoms with Crippen LogP contribution in [0.15, 0.2) is 30.3 Å². The summed E-state index contributed by atoms with van der Waals surface area (Å²) in [5.74, 6) is -1.15. The summed E-state index contributed by atoms with van der Waals surface area (Å²) in [5, 5.41) is 2.49. The highest BCUT2D eigenvalue weighted by atomic mass is 16.5. The lowest BCUT2D eigenvalue weighted by atomic mass is 10.1. The Labute approximate surface area is 104 Å². The molecule has 1 aromatic carbocycles. The van der Waals surface area contributed by atoms with Gasteiger partial charge in [-0.1, -0.05) is 30.3 Å². The van der Waals surface area contributed by atoms with Gasteiger partial charge in [0.25, 0.3) is 0 Å². The van der Waals surface area contributed by atoms with Crippen LogP contribution in [0.5, 0.6) is 0 Å². The summed E-state index contributed by atoms with van der Waals surface area (Å²) >= 11 is 0. The molecule has 18 heavy (non-hydrogen) atoms. The van der Waals surface area contributed by atoms with E-state index >= 15 is 0 Å². The number of Topliss-reactive ketones (excluding diaryl/α,β-unsaturated/α-hetero) is 1. The lowest BCUT2D eigenvalue weighted by molar-refractivity contribution is -0.141. The lowest BCUT2D eigenvalue weighted by Gasteiger charge is -2.08. The number of carbonyl (C=O) groups excluding carboxylic acids is 3. The molecule has 0 spiro atoms. The van der Waals surface area contributed by atoms with E-state index in [4.69, 9.17) is 4.74 Å². The van der Waals surface area contributed by atoms with Crippen molar-refractivity contribution < 1.29 is 19.1 Å². The van der Waals surface area contributed by atoms with Crippen LogP contribution in [0.25, 0.3) is 0 Å². The minimum absolute atomic E-state index is 0.256. The van der Waals surface area contributed by atoms with Gasteiger partial charge < -0.3 is 10.1 Å². The molecule has 1 heterocycles. The third-order valence-corrected chi connectivity index (χ3v) is 2.69. The summed E-state index contributed by atoms with van der Waals surface area (Å²) < 4.78 is 4.72. The minimum atomic E-state index is -0.610. The fourth-order valence-electron chi connectivity index (χ4n) is 1.74. The summed E-state index contributed by atoms with van der Waals surface area (Å²) in [6.07, 6.45) is 0.206. The Hall–Kier alpha value is -2.17. The number of rotatable bonds is 4. The molecule has 94 valence electrons. The number of ether oxygens (including phenoxy) is 1. The Kier molecular flexibility index (Phi) is 3.72. The number of cyclic esters (lactones) is 1. The standard InChI is InChI=1S/C13H13NO4/c15-11(9-4-2-1-3-5-9)8-12(16)14-10-6-7-18-13(10)17/h1-5,10H,6-8H2,(H,14,16)/t10-/m1/s1. The highest BCUT2D eigenvalue weighted by Crippen LogP contribution is 2.07. The van der Waals surface area contributed by atoms with Gasteiger partial charge in [-0.2, -0.15) is 0 Å². The quantitative estimate of drug-likeness (QED) is 0.482. The normalized spacial score (nSPS) is 18.2. The number of ketones is 1. The largest absolute Gasteiger partial charge is 0.464 e. The smallest absolute Gasteiger partial charge is 0.328 e. The number of benzene rings is 1. The van der Waals surface area contributed by atoms with Gasteiger partial charge in [0.15, 0.2) is 5.78 Å². The molecule has 1 aliphatic heterocycles. The summed E-state index contributed by atoms with van der Waals surface area (Å²) in [5.41, 5.74) is 0.488. The molecule has 1 saturated heterocycles. The lowest BCUT2D eigenvalue weighted by Crippen LogP contribution is -2.38. The van der Waals surface area contributed by atoms with Crippen LogP contribution in [0.4, 0.5) is 0 Å². The zero-order valence-electron chi connectivity index (χ0n) is 9.72. The van der Waals surface area contributed by atoms with Crippen LogP contribution in [-0.4, -0.2) is 30.3 Å². The summed E-state index contributed by atoms with van der Waals surface area (Å²) in [6, 6.07) is 7.96. The Morgan fingerprint density at radius 2 is 2.00 bits per heavy atom. The van der Waals surface area contributed by atoms with E-state index in [1.54, 1.807) is 30.3 Å². The first-order valence-electron chi connectivity index (χ1n) is 5.71. The van der Waals surface area contributed by atoms with Gasteiger partial charge >= 0.3 is 5.97 Å². The predicted molar refractivity (Wildman–Crippen MR) is 62.9 cm³/mol. The molecule has 1 aliphatic rings. The Balaban J connectivity index is 1.88. The van der Waals surface area contributed by atoms with Crippen molar-refractivity contribution in [3.63, 3.8) is 0 Å². The number of esters is 1. The molecule has 1 amide bonds. The highest BCUT2D eigenvalue weighted by molar-refractivity contribution is 6.07. The molecular formula is C13H13NO4. The Bertz CT molecular complexity index is 469. The van der Waals surface area contributed by atoms with Crippen molar-refractivity contribution in [3.8, 4) is 0 Å². The minimum Gasteiger partial charge on any atom is -0.464 e. The molecule has 0 radical (unpaired) electrons. The van der Waals surface area contributed by atoms with Gasteiger partial charge in [-0.3, -0.25) is 9.59 Å². The molecule has 5 nitrogen and oxygen atoms in total. The van der Waals surface area contributed by atoms with Crippen molar-refractivity contribution in [1.82, 2.24) is 5.32 Å². The molecule has 1 aromatic rings. The van der Waals surface area contributed by atoms with E-state index in [0.717, 1.165) is 0 Å². The molecule has 2 rings (SSSR count). The van der Waals surface area contributed by atoms with Crippen molar-refractivity contribution >= 4 is 17.7 Å². The van der Waals surface area contributed by atoms with E-state index in [-0.39, 0.29) is 12.2 Å². The van der Waals surface area contributed by atoms with Gasteiger partial charge in [0.1, 0.15) is 6.04 Å². The van der Waals surface area contributed by atoms with Gasteiger partial charge in [-0.25, -0.2) is 4.79 Å². The fraction of sp³-hybridized carbons (Fsp3) is 0.308. The number of hydrogen-bond donors (Lipinski definition) is 1. The van der Waals surface area contributed by atoms with Crippen LogP contribution in [0.3, 0.4) is 0 Å². The number of nitrogens with one attached hydrogen (secondary N) is 1. The van der Waals surface area contributed by atoms with Crippen LogP contribution >= 0.6 is 0 Å². The van der Waals surface area contributed by atoms with Crippen LogP contribution in [0.2, 0.25) is 0 Å². The number of carbonyl (C=O) groups is 3. The van der Waals surface area contributed by atoms with Gasteiger partial charge in [0.05, 0.1) is 13.0 Å². The molecule has 5 heteroatoms. The number of amides is 1. The molecule has 0 saturated carbocycles. The predicted octanol–water partition coefficient (Wildman–Crippen LogP) is 0.691. The maximum atomic E-state index is 11.7. The molecule has 0 aromatic heterocycles. The molecule has 0 bridgehead atoms. The fourth-order valence-corrected chi connectivity index (χ4v) is 1.74. The third-order valence-electron chi connectivity index (χ3n) is 2.69. The van der Waals surface area contributed by atoms with E-state index in [2.05, 4.69) is 5.32 Å². The molecule has 1 fully saturated rings. The molecular weight excluding hydrogens is 234 g/mol. The van der Waals surface area contributed by atoms with E-state index in [1.807, 2.05) is 0 Å². The summed E-state index contributed by atoms with van der Waals surface area (Å²) in [4.78, 5) is 34.5. The molecule has 0 unspecified atom stereocenters. The van der Waals surface area contributed by atoms with Crippen LogP contribution in [-0.2, 0) is 14.3 Å². The first-order valence-corrected chi connectivity index (χ1v) is 5.71. The topological polar surface area (TPSA) is 72.5 Å². The maximum absolute atomic E-state index is 11.7. The van der Waals surface area contributed by atoms with Crippen molar-refractivity contribution in [1.29, 1.82) is 0 Å². The summed E-state index contributed by atoms with van der Waals surface area (Å²) in [6.45, 7) is 0.316. The van der Waals surface area contributed by atoms with E-state index in [0.29, 0.717) is 18.6 Å². The van der Waals surface area contributed by atoms with E-state index < -0.39 is 17.9 Å². The zero-order valence-corrected chi connectivity index (χ0v) is 9.72. The van der Waals surface area contributed by atoms with Crippen LogP contribution in [0.1, 0.15) is 23.2 Å². The first kappa shape index (κ1) is 12.3. The second kappa shape index (κ2) is 5.44.